The van der Waals surface area contributed by atoms with Gasteiger partial charge in [0.15, 0.2) is 17.9 Å². The minimum atomic E-state index is -2.32. The van der Waals surface area contributed by atoms with Crippen LogP contribution in [0, 0.1) is 5.92 Å². The zero-order chi connectivity index (χ0) is 35.4. The zero-order valence-electron chi connectivity index (χ0n) is 26.9. The molecule has 2 heterocycles. The fraction of sp³-hybridized carbons (Fsp3) is 0.500. The van der Waals surface area contributed by atoms with Crippen LogP contribution in [0.5, 0.6) is 17.2 Å². The van der Waals surface area contributed by atoms with Crippen LogP contribution in [0.4, 0.5) is 0 Å². The maximum atomic E-state index is 13.9. The van der Waals surface area contributed by atoms with Crippen molar-refractivity contribution in [1.29, 1.82) is 0 Å². The number of aromatic hydroxyl groups is 2. The van der Waals surface area contributed by atoms with Gasteiger partial charge in [0.2, 0.25) is 18.1 Å². The fourth-order valence-electron chi connectivity index (χ4n) is 7.43. The lowest BCUT2D eigenvalue weighted by Crippen LogP contribution is -2.57. The minimum absolute atomic E-state index is 0.0689. The average Bonchev–Trinajstić information content (AvgIpc) is 3.09. The van der Waals surface area contributed by atoms with Gasteiger partial charge < -0.3 is 50.0 Å². The molecule has 262 valence electrons. The summed E-state index contributed by atoms with van der Waals surface area (Å²) in [6.07, 6.45) is -4.33. The van der Waals surface area contributed by atoms with Gasteiger partial charge in [0, 0.05) is 55.0 Å². The number of rotatable bonds is 8. The maximum absolute atomic E-state index is 13.9. The van der Waals surface area contributed by atoms with Crippen LogP contribution in [0.1, 0.15) is 81.7 Å². The number of fused-ring (bicyclic) bond motifs is 3. The third-order valence-corrected chi connectivity index (χ3v) is 10.1. The van der Waals surface area contributed by atoms with Crippen LogP contribution >= 0.6 is 0 Å². The van der Waals surface area contributed by atoms with E-state index in [1.54, 1.807) is 11.8 Å². The molecule has 0 spiro atoms. The van der Waals surface area contributed by atoms with Gasteiger partial charge in [-0.3, -0.25) is 24.0 Å². The summed E-state index contributed by atoms with van der Waals surface area (Å²) < 4.78 is 17.4. The van der Waals surface area contributed by atoms with Gasteiger partial charge in [0.1, 0.15) is 35.6 Å². The summed E-state index contributed by atoms with van der Waals surface area (Å²) >= 11 is 0. The molecule has 6 N–H and O–H groups in total. The average molecular weight is 683 g/mol. The number of hydrogen-bond donors (Lipinski definition) is 6. The Hall–Kier alpha value is -4.41. The number of aliphatic hydroxyl groups is 3. The number of Topliss-reactive ketones (excluding diaryl/α,β-unsaturated/α-hetero) is 1. The molecule has 2 fully saturated rings. The molecular formula is C34H38N2O13. The number of ether oxygens (including phenoxy) is 3. The van der Waals surface area contributed by atoms with Gasteiger partial charge in [0.25, 0.3) is 0 Å². The highest BCUT2D eigenvalue weighted by atomic mass is 16.7. The van der Waals surface area contributed by atoms with E-state index in [1.165, 1.54) is 25.3 Å². The summed E-state index contributed by atoms with van der Waals surface area (Å²) in [7, 11) is 1.31. The minimum Gasteiger partial charge on any atom is -0.507 e. The van der Waals surface area contributed by atoms with Crippen LogP contribution in [0.3, 0.4) is 0 Å². The van der Waals surface area contributed by atoms with Crippen LogP contribution in [0.2, 0.25) is 0 Å². The Morgan fingerprint density at radius 3 is 2.45 bits per heavy atom. The molecule has 49 heavy (non-hydrogen) atoms. The largest absolute Gasteiger partial charge is 0.507 e. The van der Waals surface area contributed by atoms with E-state index in [-0.39, 0.29) is 46.2 Å². The van der Waals surface area contributed by atoms with Crippen molar-refractivity contribution in [3.05, 3.63) is 51.6 Å². The Morgan fingerprint density at radius 2 is 1.80 bits per heavy atom. The van der Waals surface area contributed by atoms with Crippen molar-refractivity contribution < 1.29 is 63.7 Å². The van der Waals surface area contributed by atoms with Gasteiger partial charge in [-0.1, -0.05) is 12.1 Å². The number of phenolic OH excluding ortho intramolecular Hbond substituents is 2. The van der Waals surface area contributed by atoms with E-state index in [1.807, 2.05) is 0 Å². The standard InChI is InChI=1S/C34H38N2O13/c1-15-28(40)19(35-33(45)16-6-8-36(14-38)9-7-16)10-23(48-15)49-21-12-34(46,22(39)13-37)11-18-25(21)32(44)27-26(30(18)42)29(41)17-4-3-5-20(47-2)24(17)31(27)43/h3-5,14-16,19,21,23,28,37,40,42,44,46H,6-13H2,1-2H3,(H,35,45). The summed E-state index contributed by atoms with van der Waals surface area (Å²) in [6, 6.07) is 3.46. The SMILES string of the molecule is COc1cccc2c1C(=O)c1c(O)c3c(c(O)c1C2=O)CC(O)(C(=O)CO)CC3OC1CC(NC(=O)C2CCN(C=O)CC2)C(O)C(C)O1. The lowest BCUT2D eigenvalue weighted by atomic mass is 9.72. The highest BCUT2D eigenvalue weighted by molar-refractivity contribution is 6.31. The number of aliphatic hydroxyl groups excluding tert-OH is 2. The first-order valence-electron chi connectivity index (χ1n) is 16.1. The number of nitrogens with one attached hydrogen (secondary N) is 1. The molecule has 0 aromatic heterocycles. The van der Waals surface area contributed by atoms with Crippen molar-refractivity contribution in [2.75, 3.05) is 26.8 Å². The predicted molar refractivity (Wildman–Crippen MR) is 166 cm³/mol. The van der Waals surface area contributed by atoms with Crippen LogP contribution in [-0.2, 0) is 30.3 Å². The van der Waals surface area contributed by atoms with E-state index in [4.69, 9.17) is 14.2 Å². The van der Waals surface area contributed by atoms with E-state index in [0.717, 1.165) is 6.41 Å². The molecule has 15 nitrogen and oxygen atoms in total. The summed E-state index contributed by atoms with van der Waals surface area (Å²) in [6.45, 7) is 1.33. The quantitative estimate of drug-likeness (QED) is 0.136. The second-order valence-corrected chi connectivity index (χ2v) is 13.0. The molecule has 4 aliphatic rings. The Morgan fingerprint density at radius 1 is 1.10 bits per heavy atom. The number of piperidine rings is 1. The van der Waals surface area contributed by atoms with E-state index < -0.39 is 95.7 Å². The fourth-order valence-corrected chi connectivity index (χ4v) is 7.43. The topological polar surface area (TPSA) is 229 Å². The van der Waals surface area contributed by atoms with Crippen LogP contribution in [-0.4, -0.2) is 117 Å². The number of methoxy groups -OCH3 is 1. The number of benzene rings is 2. The molecule has 2 aromatic carbocycles. The van der Waals surface area contributed by atoms with Crippen molar-refractivity contribution >= 4 is 29.7 Å². The molecule has 2 amide bonds. The second-order valence-electron chi connectivity index (χ2n) is 13.0. The number of carbonyl (C=O) groups is 5. The Bertz CT molecular complexity index is 1720. The number of likely N-dealkylation sites (tertiary alicyclic amines) is 1. The number of amides is 2. The summed E-state index contributed by atoms with van der Waals surface area (Å²) in [5.74, 6) is -4.71. The molecule has 2 aromatic rings. The molecule has 6 atom stereocenters. The van der Waals surface area contributed by atoms with Gasteiger partial charge in [-0.25, -0.2) is 0 Å². The molecule has 6 unspecified atom stereocenters. The lowest BCUT2D eigenvalue weighted by Gasteiger charge is -2.43. The Balaban J connectivity index is 1.35. The monoisotopic (exact) mass is 682 g/mol. The third kappa shape index (κ3) is 5.84. The third-order valence-electron chi connectivity index (χ3n) is 10.1. The Kier molecular flexibility index (Phi) is 9.23. The van der Waals surface area contributed by atoms with Crippen molar-refractivity contribution in [3.8, 4) is 17.2 Å². The highest BCUT2D eigenvalue weighted by Crippen LogP contribution is 2.52. The summed E-state index contributed by atoms with van der Waals surface area (Å²) in [5, 5.41) is 58.2. The van der Waals surface area contributed by atoms with E-state index in [9.17, 15) is 49.5 Å². The van der Waals surface area contributed by atoms with Crippen LogP contribution < -0.4 is 10.1 Å². The van der Waals surface area contributed by atoms with Gasteiger partial charge in [-0.2, -0.15) is 0 Å². The molecule has 6 rings (SSSR count). The summed E-state index contributed by atoms with van der Waals surface area (Å²) in [5.41, 5.74) is -3.96. The first-order chi connectivity index (χ1) is 23.3. The number of carbonyl (C=O) groups excluding carboxylic acids is 5. The number of hydrogen-bond acceptors (Lipinski definition) is 13. The second kappa shape index (κ2) is 13.1. The number of ketones is 3. The lowest BCUT2D eigenvalue weighted by molar-refractivity contribution is -0.249. The molecule has 2 aliphatic carbocycles. The van der Waals surface area contributed by atoms with Gasteiger partial charge in [-0.05, 0) is 25.8 Å². The van der Waals surface area contributed by atoms with Crippen molar-refractivity contribution in [2.45, 2.75) is 75.3 Å². The molecule has 2 aliphatic heterocycles. The van der Waals surface area contributed by atoms with Crippen molar-refractivity contribution in [2.24, 2.45) is 5.92 Å². The van der Waals surface area contributed by atoms with E-state index in [0.29, 0.717) is 25.9 Å². The number of nitrogens with zero attached hydrogens (tertiary/aromatic N) is 1. The molecule has 0 radical (unpaired) electrons. The normalized spacial score (nSPS) is 28.3. The smallest absolute Gasteiger partial charge is 0.223 e. The maximum Gasteiger partial charge on any atom is 0.223 e. The first-order valence-corrected chi connectivity index (χ1v) is 16.1. The van der Waals surface area contributed by atoms with E-state index in [2.05, 4.69) is 5.32 Å². The molecule has 0 bridgehead atoms. The zero-order valence-corrected chi connectivity index (χ0v) is 26.9. The van der Waals surface area contributed by atoms with Crippen LogP contribution in [0.25, 0.3) is 0 Å². The van der Waals surface area contributed by atoms with Gasteiger partial charge in [0.05, 0.1) is 42.0 Å². The summed E-state index contributed by atoms with van der Waals surface area (Å²) in [4.78, 5) is 66.2. The molecule has 0 saturated carbocycles. The first kappa shape index (κ1) is 34.5. The molecule has 2 saturated heterocycles. The van der Waals surface area contributed by atoms with E-state index >= 15 is 0 Å². The van der Waals surface area contributed by atoms with Gasteiger partial charge >= 0.3 is 0 Å². The Labute approximate surface area is 280 Å². The van der Waals surface area contributed by atoms with Crippen molar-refractivity contribution in [3.63, 3.8) is 0 Å². The van der Waals surface area contributed by atoms with Gasteiger partial charge in [-0.15, -0.1) is 0 Å². The highest BCUT2D eigenvalue weighted by Gasteiger charge is 2.50. The number of phenols is 2. The van der Waals surface area contributed by atoms with Crippen molar-refractivity contribution in [1.82, 2.24) is 10.2 Å². The molecular weight excluding hydrogens is 644 g/mol. The predicted octanol–water partition coefficient (Wildman–Crippen LogP) is 0.0272. The van der Waals surface area contributed by atoms with Crippen LogP contribution in [0.15, 0.2) is 18.2 Å². The molecule has 15 heteroatoms.